The molecule has 0 bridgehead atoms. The fraction of sp³-hybridized carbons (Fsp3) is 0.818. The number of carbonyl (C=O) groups is 1. The van der Waals surface area contributed by atoms with Gasteiger partial charge >= 0.3 is 0 Å². The number of rotatable bonds is 7. The van der Waals surface area contributed by atoms with Crippen LogP contribution in [-0.4, -0.2) is 44.4 Å². The van der Waals surface area contributed by atoms with Gasteiger partial charge in [0.2, 0.25) is 5.91 Å². The van der Waals surface area contributed by atoms with Crippen molar-refractivity contribution >= 4 is 5.91 Å². The monoisotopic (exact) mass is 255 g/mol. The van der Waals surface area contributed by atoms with E-state index in [4.69, 9.17) is 5.11 Å². The molecular formula is C11H21N5O2. The van der Waals surface area contributed by atoms with Gasteiger partial charge in [0.1, 0.15) is 5.82 Å². The van der Waals surface area contributed by atoms with Gasteiger partial charge in [0.05, 0.1) is 6.54 Å². The standard InChI is InChI=1S/C11H21N5O2/c1-8(2)10(7-17)6-12-11(18)4-5-16-9(3)13-14-15-16/h8,10,17H,4-7H2,1-3H3,(H,12,18)/t10-/m0/s1. The number of carbonyl (C=O) groups excluding carboxylic acids is 1. The summed E-state index contributed by atoms with van der Waals surface area (Å²) in [6.45, 7) is 6.90. The zero-order valence-electron chi connectivity index (χ0n) is 11.1. The van der Waals surface area contributed by atoms with E-state index in [0.717, 1.165) is 0 Å². The number of aromatic nitrogens is 4. The Hall–Kier alpha value is -1.50. The fourth-order valence-electron chi connectivity index (χ4n) is 1.51. The molecule has 0 fully saturated rings. The molecule has 0 saturated carbocycles. The summed E-state index contributed by atoms with van der Waals surface area (Å²) < 4.78 is 1.59. The molecule has 2 N–H and O–H groups in total. The van der Waals surface area contributed by atoms with E-state index in [1.165, 1.54) is 0 Å². The van der Waals surface area contributed by atoms with Crippen molar-refractivity contribution in [3.63, 3.8) is 0 Å². The number of aliphatic hydroxyl groups is 1. The third-order valence-corrected chi connectivity index (χ3v) is 3.00. The van der Waals surface area contributed by atoms with Gasteiger partial charge in [0.15, 0.2) is 0 Å². The first kappa shape index (κ1) is 14.6. The molecule has 0 aliphatic heterocycles. The molecular weight excluding hydrogens is 234 g/mol. The van der Waals surface area contributed by atoms with Gasteiger partial charge in [0.25, 0.3) is 0 Å². The van der Waals surface area contributed by atoms with E-state index < -0.39 is 0 Å². The smallest absolute Gasteiger partial charge is 0.221 e. The maximum atomic E-state index is 11.6. The summed E-state index contributed by atoms with van der Waals surface area (Å²) in [5.74, 6) is 1.09. The van der Waals surface area contributed by atoms with Gasteiger partial charge in [-0.05, 0) is 23.3 Å². The first-order valence-corrected chi connectivity index (χ1v) is 6.15. The van der Waals surface area contributed by atoms with Gasteiger partial charge in [-0.15, -0.1) is 5.10 Å². The van der Waals surface area contributed by atoms with E-state index in [1.807, 2.05) is 13.8 Å². The molecule has 0 aliphatic rings. The number of nitrogens with zero attached hydrogens (tertiary/aromatic N) is 4. The predicted octanol–water partition coefficient (Wildman–Crippen LogP) is -0.248. The molecule has 1 atom stereocenters. The molecule has 1 heterocycles. The quantitative estimate of drug-likeness (QED) is 0.701. The van der Waals surface area contributed by atoms with Crippen molar-refractivity contribution < 1.29 is 9.90 Å². The number of aliphatic hydroxyl groups excluding tert-OH is 1. The Balaban J connectivity index is 2.28. The minimum atomic E-state index is -0.0519. The number of amides is 1. The topological polar surface area (TPSA) is 92.9 Å². The summed E-state index contributed by atoms with van der Waals surface area (Å²) in [4.78, 5) is 11.6. The minimum absolute atomic E-state index is 0.0519. The molecule has 0 saturated heterocycles. The van der Waals surface area contributed by atoms with Crippen LogP contribution in [0.5, 0.6) is 0 Å². The Morgan fingerprint density at radius 1 is 1.50 bits per heavy atom. The van der Waals surface area contributed by atoms with Gasteiger partial charge in [0, 0.05) is 25.5 Å². The Labute approximate surface area is 107 Å². The lowest BCUT2D eigenvalue weighted by Crippen LogP contribution is -2.33. The fourth-order valence-corrected chi connectivity index (χ4v) is 1.51. The van der Waals surface area contributed by atoms with Crippen molar-refractivity contribution in [3.8, 4) is 0 Å². The molecule has 1 rings (SSSR count). The van der Waals surface area contributed by atoms with Crippen molar-refractivity contribution in [1.82, 2.24) is 25.5 Å². The molecule has 0 radical (unpaired) electrons. The van der Waals surface area contributed by atoms with Gasteiger partial charge in [-0.1, -0.05) is 13.8 Å². The summed E-state index contributed by atoms with van der Waals surface area (Å²) in [7, 11) is 0. The number of nitrogens with one attached hydrogen (secondary N) is 1. The van der Waals surface area contributed by atoms with Crippen molar-refractivity contribution in [2.45, 2.75) is 33.7 Å². The second-order valence-electron chi connectivity index (χ2n) is 4.69. The summed E-state index contributed by atoms with van der Waals surface area (Å²) in [6.07, 6.45) is 0.335. The minimum Gasteiger partial charge on any atom is -0.396 e. The maximum absolute atomic E-state index is 11.6. The van der Waals surface area contributed by atoms with E-state index in [0.29, 0.717) is 31.3 Å². The van der Waals surface area contributed by atoms with E-state index in [9.17, 15) is 4.79 Å². The third-order valence-electron chi connectivity index (χ3n) is 3.00. The van der Waals surface area contributed by atoms with Crippen LogP contribution in [0.3, 0.4) is 0 Å². The molecule has 1 aromatic rings. The van der Waals surface area contributed by atoms with E-state index in [2.05, 4.69) is 20.8 Å². The van der Waals surface area contributed by atoms with Crippen LogP contribution in [-0.2, 0) is 11.3 Å². The van der Waals surface area contributed by atoms with Crippen LogP contribution in [0.4, 0.5) is 0 Å². The van der Waals surface area contributed by atoms with Crippen molar-refractivity contribution in [3.05, 3.63) is 5.82 Å². The Morgan fingerprint density at radius 3 is 2.72 bits per heavy atom. The molecule has 7 nitrogen and oxygen atoms in total. The van der Waals surface area contributed by atoms with Crippen LogP contribution in [0, 0.1) is 18.8 Å². The van der Waals surface area contributed by atoms with Gasteiger partial charge < -0.3 is 10.4 Å². The second-order valence-corrected chi connectivity index (χ2v) is 4.69. The summed E-state index contributed by atoms with van der Waals surface area (Å²) in [5, 5.41) is 23.0. The molecule has 0 aliphatic carbocycles. The highest BCUT2D eigenvalue weighted by Crippen LogP contribution is 2.08. The van der Waals surface area contributed by atoms with Crippen LogP contribution in [0.15, 0.2) is 0 Å². The highest BCUT2D eigenvalue weighted by Gasteiger charge is 2.13. The molecule has 18 heavy (non-hydrogen) atoms. The molecule has 0 unspecified atom stereocenters. The van der Waals surface area contributed by atoms with Gasteiger partial charge in [-0.2, -0.15) is 0 Å². The lowest BCUT2D eigenvalue weighted by Gasteiger charge is -2.18. The molecule has 1 amide bonds. The van der Waals surface area contributed by atoms with Crippen molar-refractivity contribution in [1.29, 1.82) is 0 Å². The van der Waals surface area contributed by atoms with Gasteiger partial charge in [-0.25, -0.2) is 4.68 Å². The lowest BCUT2D eigenvalue weighted by atomic mass is 9.97. The van der Waals surface area contributed by atoms with Crippen LogP contribution in [0.25, 0.3) is 0 Å². The second kappa shape index (κ2) is 7.05. The summed E-state index contributed by atoms with van der Waals surface area (Å²) >= 11 is 0. The van der Waals surface area contributed by atoms with E-state index >= 15 is 0 Å². The summed E-state index contributed by atoms with van der Waals surface area (Å²) in [5.41, 5.74) is 0. The first-order valence-electron chi connectivity index (χ1n) is 6.15. The summed E-state index contributed by atoms with van der Waals surface area (Å²) in [6, 6.07) is 0. The number of hydrogen-bond donors (Lipinski definition) is 2. The molecule has 7 heteroatoms. The van der Waals surface area contributed by atoms with Crippen molar-refractivity contribution in [2.24, 2.45) is 11.8 Å². The molecule has 0 spiro atoms. The van der Waals surface area contributed by atoms with Crippen LogP contribution >= 0.6 is 0 Å². The molecule has 1 aromatic heterocycles. The first-order chi connectivity index (χ1) is 8.54. The highest BCUT2D eigenvalue weighted by atomic mass is 16.3. The average molecular weight is 255 g/mol. The van der Waals surface area contributed by atoms with Crippen LogP contribution in [0.1, 0.15) is 26.1 Å². The third kappa shape index (κ3) is 4.40. The van der Waals surface area contributed by atoms with Crippen LogP contribution < -0.4 is 5.32 Å². The van der Waals surface area contributed by atoms with Crippen molar-refractivity contribution in [2.75, 3.05) is 13.2 Å². The molecule has 102 valence electrons. The van der Waals surface area contributed by atoms with E-state index in [1.54, 1.807) is 11.6 Å². The Kier molecular flexibility index (Phi) is 5.70. The maximum Gasteiger partial charge on any atom is 0.221 e. The largest absolute Gasteiger partial charge is 0.396 e. The lowest BCUT2D eigenvalue weighted by molar-refractivity contribution is -0.121. The number of tetrazole rings is 1. The zero-order valence-corrected chi connectivity index (χ0v) is 11.1. The molecule has 0 aromatic carbocycles. The van der Waals surface area contributed by atoms with E-state index in [-0.39, 0.29) is 18.4 Å². The van der Waals surface area contributed by atoms with Gasteiger partial charge in [-0.3, -0.25) is 4.79 Å². The van der Waals surface area contributed by atoms with Crippen LogP contribution in [0.2, 0.25) is 0 Å². The Bertz CT molecular complexity index is 377. The average Bonchev–Trinajstić information content (AvgIpc) is 2.72. The number of aryl methyl sites for hydroxylation is 2. The predicted molar refractivity (Wildman–Crippen MR) is 65.6 cm³/mol. The SMILES string of the molecule is Cc1nnnn1CCC(=O)NC[C@@H](CO)C(C)C. The zero-order chi connectivity index (χ0) is 13.5. The normalized spacial score (nSPS) is 12.7. The Morgan fingerprint density at radius 2 is 2.22 bits per heavy atom. The number of hydrogen-bond acceptors (Lipinski definition) is 5. The highest BCUT2D eigenvalue weighted by molar-refractivity contribution is 5.75.